The Kier molecular flexibility index (Phi) is 5.61. The summed E-state index contributed by atoms with van der Waals surface area (Å²) in [6.45, 7) is 3.80. The molecule has 172 valence electrons. The maximum Gasteiger partial charge on any atom is 0.263 e. The zero-order chi connectivity index (χ0) is 23.3. The van der Waals surface area contributed by atoms with Crippen molar-refractivity contribution in [1.82, 2.24) is 19.4 Å². The van der Waals surface area contributed by atoms with Crippen LogP contribution >= 0.6 is 0 Å². The first-order chi connectivity index (χ1) is 15.0. The second-order valence-corrected chi connectivity index (χ2v) is 12.0. The van der Waals surface area contributed by atoms with Gasteiger partial charge in [0.25, 0.3) is 10.0 Å². The van der Waals surface area contributed by atoms with Gasteiger partial charge < -0.3 is 4.90 Å². The Morgan fingerprint density at radius 1 is 1.25 bits per heavy atom. The van der Waals surface area contributed by atoms with E-state index in [1.54, 1.807) is 29.9 Å². The molecule has 1 amide bonds. The van der Waals surface area contributed by atoms with Gasteiger partial charge in [0.15, 0.2) is 9.84 Å². The van der Waals surface area contributed by atoms with Gasteiger partial charge in [-0.05, 0) is 32.4 Å². The average molecular weight is 480 g/mol. The van der Waals surface area contributed by atoms with E-state index >= 15 is 0 Å². The van der Waals surface area contributed by atoms with Crippen LogP contribution in [-0.4, -0.2) is 68.4 Å². The monoisotopic (exact) mass is 479 g/mol. The van der Waals surface area contributed by atoms with Crippen molar-refractivity contribution in [2.24, 2.45) is 4.99 Å². The van der Waals surface area contributed by atoms with Crippen molar-refractivity contribution in [3.05, 3.63) is 46.8 Å². The van der Waals surface area contributed by atoms with E-state index in [1.807, 2.05) is 13.8 Å². The lowest BCUT2D eigenvalue weighted by molar-refractivity contribution is -0.128. The molecule has 4 rings (SSSR count). The highest BCUT2D eigenvalue weighted by molar-refractivity contribution is 7.91. The number of aromatic nitrogens is 2. The molecule has 0 aliphatic carbocycles. The molecule has 32 heavy (non-hydrogen) atoms. The molecular formula is C20H25N5O5S2. The van der Waals surface area contributed by atoms with Crippen molar-refractivity contribution in [1.29, 1.82) is 0 Å². The summed E-state index contributed by atoms with van der Waals surface area (Å²) in [7, 11) is -5.05. The highest BCUT2D eigenvalue weighted by atomic mass is 32.2. The molecule has 0 unspecified atom stereocenters. The molecule has 2 aromatic rings. The van der Waals surface area contributed by atoms with Crippen LogP contribution in [0.5, 0.6) is 0 Å². The molecule has 1 aromatic heterocycles. The van der Waals surface area contributed by atoms with E-state index in [4.69, 9.17) is 0 Å². The number of fused-ring (bicyclic) bond motifs is 1. The van der Waals surface area contributed by atoms with E-state index < -0.39 is 19.9 Å². The summed E-state index contributed by atoms with van der Waals surface area (Å²) in [5.74, 6) is 0.121. The number of nitrogens with zero attached hydrogens (tertiary/aromatic N) is 4. The molecule has 2 aliphatic rings. The van der Waals surface area contributed by atoms with Crippen LogP contribution in [0.2, 0.25) is 0 Å². The van der Waals surface area contributed by atoms with Crippen LogP contribution in [0.1, 0.15) is 35.0 Å². The summed E-state index contributed by atoms with van der Waals surface area (Å²) in [5.41, 5.74) is 2.90. The number of aryl methyl sites for hydroxylation is 1. The first-order valence-electron chi connectivity index (χ1n) is 10.1. The predicted molar refractivity (Wildman–Crippen MR) is 119 cm³/mol. The summed E-state index contributed by atoms with van der Waals surface area (Å²) in [5, 5.41) is 4.53. The summed E-state index contributed by atoms with van der Waals surface area (Å²) in [6, 6.07) is 6.29. The molecule has 0 bridgehead atoms. The van der Waals surface area contributed by atoms with Crippen molar-refractivity contribution < 1.29 is 21.6 Å². The molecule has 1 atom stereocenters. The highest BCUT2D eigenvalue weighted by Crippen LogP contribution is 2.27. The van der Waals surface area contributed by atoms with Crippen LogP contribution < -0.4 is 4.72 Å². The van der Waals surface area contributed by atoms with Crippen LogP contribution in [-0.2, 0) is 31.2 Å². The number of amidine groups is 1. The Hall–Kier alpha value is -2.73. The van der Waals surface area contributed by atoms with Gasteiger partial charge in [0.2, 0.25) is 5.91 Å². The summed E-state index contributed by atoms with van der Waals surface area (Å²) in [4.78, 5) is 18.5. The second-order valence-electron chi connectivity index (χ2n) is 8.17. The number of likely N-dealkylation sites (N-methyl/N-ethyl adjacent to an activating group) is 1. The van der Waals surface area contributed by atoms with E-state index in [2.05, 4.69) is 14.8 Å². The minimum Gasteiger partial charge on any atom is -0.340 e. The molecular weight excluding hydrogens is 454 g/mol. The zero-order valence-corrected chi connectivity index (χ0v) is 19.7. The Morgan fingerprint density at radius 2 is 1.97 bits per heavy atom. The van der Waals surface area contributed by atoms with Crippen molar-refractivity contribution in [2.75, 3.05) is 25.1 Å². The third-order valence-corrected chi connectivity index (χ3v) is 9.03. The fourth-order valence-electron chi connectivity index (χ4n) is 4.09. The molecule has 2 aliphatic heterocycles. The lowest BCUT2D eigenvalue weighted by atomic mass is 10.1. The highest BCUT2D eigenvalue weighted by Gasteiger charge is 2.32. The van der Waals surface area contributed by atoms with Crippen LogP contribution in [0, 0.1) is 13.8 Å². The number of carbonyl (C=O) groups is 1. The number of sulfone groups is 1. The first kappa shape index (κ1) is 22.5. The van der Waals surface area contributed by atoms with Crippen molar-refractivity contribution in [3.63, 3.8) is 0 Å². The summed E-state index contributed by atoms with van der Waals surface area (Å²) >= 11 is 0. The number of benzene rings is 1. The van der Waals surface area contributed by atoms with Gasteiger partial charge in [0.1, 0.15) is 12.4 Å². The fraction of sp³-hybridized carbons (Fsp3) is 0.450. The number of hydrogen-bond donors (Lipinski definition) is 1. The SMILES string of the molecule is Cc1nn([C@@H]2CCS(=O)(=O)C2)c(C)c1CN(C)C(=O)CN=C1NS(=O)(=O)c2ccccc21. The molecule has 0 spiro atoms. The van der Waals surface area contributed by atoms with Gasteiger partial charge in [-0.3, -0.25) is 19.2 Å². The maximum atomic E-state index is 12.7. The second kappa shape index (κ2) is 8.00. The van der Waals surface area contributed by atoms with Gasteiger partial charge in [0, 0.05) is 30.4 Å². The minimum atomic E-state index is -3.66. The van der Waals surface area contributed by atoms with E-state index in [9.17, 15) is 21.6 Å². The smallest absolute Gasteiger partial charge is 0.263 e. The normalized spacial score (nSPS) is 22.0. The number of aliphatic imine (C=N–C) groups is 1. The number of rotatable bonds is 5. The van der Waals surface area contributed by atoms with Gasteiger partial charge in [-0.15, -0.1) is 0 Å². The van der Waals surface area contributed by atoms with Crippen LogP contribution in [0.3, 0.4) is 0 Å². The van der Waals surface area contributed by atoms with E-state index in [0.717, 1.165) is 17.0 Å². The standard InChI is InChI=1S/C20H25N5O5S2/c1-13-17(14(2)25(22-13)15-8-9-31(27,28)12-15)11-24(3)19(26)10-21-20-16-6-4-5-7-18(16)32(29,30)23-20/h4-7,15H,8-12H2,1-3H3,(H,21,23)/t15-/m1/s1. The van der Waals surface area contributed by atoms with Gasteiger partial charge in [0.05, 0.1) is 28.1 Å². The maximum absolute atomic E-state index is 12.7. The molecule has 3 heterocycles. The summed E-state index contributed by atoms with van der Waals surface area (Å²) < 4.78 is 52.2. The molecule has 10 nitrogen and oxygen atoms in total. The zero-order valence-electron chi connectivity index (χ0n) is 18.1. The van der Waals surface area contributed by atoms with E-state index in [0.29, 0.717) is 18.5 Å². The Bertz CT molecular complexity index is 1330. The van der Waals surface area contributed by atoms with Crippen LogP contribution in [0.25, 0.3) is 0 Å². The lowest BCUT2D eigenvalue weighted by Crippen LogP contribution is -2.30. The molecule has 1 fully saturated rings. The molecule has 1 saturated heterocycles. The number of carbonyl (C=O) groups excluding carboxylic acids is 1. The average Bonchev–Trinajstić information content (AvgIpc) is 3.32. The fourth-order valence-corrected chi connectivity index (χ4v) is 7.04. The molecule has 1 N–H and O–H groups in total. The Labute approximate surface area is 187 Å². The number of sulfonamides is 1. The summed E-state index contributed by atoms with van der Waals surface area (Å²) in [6.07, 6.45) is 0.535. The van der Waals surface area contributed by atoms with Gasteiger partial charge in [-0.2, -0.15) is 5.10 Å². The topological polar surface area (TPSA) is 131 Å². The Balaban J connectivity index is 1.47. The van der Waals surface area contributed by atoms with Crippen molar-refractivity contribution in [2.45, 2.75) is 37.8 Å². The lowest BCUT2D eigenvalue weighted by Gasteiger charge is -2.17. The predicted octanol–water partition coefficient (Wildman–Crippen LogP) is 0.557. The third-order valence-electron chi connectivity index (χ3n) is 5.89. The van der Waals surface area contributed by atoms with E-state index in [1.165, 1.54) is 11.0 Å². The van der Waals surface area contributed by atoms with Gasteiger partial charge in [-0.1, -0.05) is 12.1 Å². The number of hydrogen-bond acceptors (Lipinski definition) is 7. The van der Waals surface area contributed by atoms with Gasteiger partial charge in [-0.25, -0.2) is 16.8 Å². The minimum absolute atomic E-state index is 0.0814. The van der Waals surface area contributed by atoms with Crippen molar-refractivity contribution >= 4 is 31.6 Å². The Morgan fingerprint density at radius 3 is 2.66 bits per heavy atom. The number of amides is 1. The van der Waals surface area contributed by atoms with Crippen LogP contribution in [0.15, 0.2) is 34.2 Å². The molecule has 0 saturated carbocycles. The largest absolute Gasteiger partial charge is 0.340 e. The third kappa shape index (κ3) is 4.16. The first-order valence-corrected chi connectivity index (χ1v) is 13.4. The van der Waals surface area contributed by atoms with Crippen LogP contribution in [0.4, 0.5) is 0 Å². The number of nitrogens with one attached hydrogen (secondary N) is 1. The van der Waals surface area contributed by atoms with Crippen molar-refractivity contribution in [3.8, 4) is 0 Å². The molecule has 1 aromatic carbocycles. The molecule has 12 heteroatoms. The quantitative estimate of drug-likeness (QED) is 0.667. The van der Waals surface area contributed by atoms with E-state index in [-0.39, 0.29) is 40.7 Å². The molecule has 0 radical (unpaired) electrons. The van der Waals surface area contributed by atoms with Gasteiger partial charge >= 0.3 is 0 Å².